The maximum absolute atomic E-state index is 13.6. The minimum absolute atomic E-state index is 0.0673. The minimum atomic E-state index is -1.59. The summed E-state index contributed by atoms with van der Waals surface area (Å²) >= 11 is 0. The summed E-state index contributed by atoms with van der Waals surface area (Å²) in [7, 11) is 0. The Morgan fingerprint density at radius 2 is 1.62 bits per heavy atom. The summed E-state index contributed by atoms with van der Waals surface area (Å²) in [4.78, 5) is 20.0. The van der Waals surface area contributed by atoms with Crippen molar-refractivity contribution in [2.75, 3.05) is 10.6 Å². The number of nitrogens with zero attached hydrogens (tertiary/aromatic N) is 2. The van der Waals surface area contributed by atoms with Gasteiger partial charge in [-0.1, -0.05) is 18.2 Å². The molecule has 0 saturated carbocycles. The average molecular weight is 358 g/mol. The Morgan fingerprint density at radius 3 is 2.31 bits per heavy atom. The number of para-hydroxylation sites is 1. The molecule has 2 N–H and O–H groups in total. The van der Waals surface area contributed by atoms with Crippen LogP contribution < -0.4 is 10.6 Å². The van der Waals surface area contributed by atoms with Crippen LogP contribution in [0.5, 0.6) is 0 Å². The monoisotopic (exact) mass is 358 g/mol. The van der Waals surface area contributed by atoms with Gasteiger partial charge in [0.05, 0.1) is 11.3 Å². The zero-order valence-corrected chi connectivity index (χ0v) is 13.6. The van der Waals surface area contributed by atoms with Gasteiger partial charge in [-0.25, -0.2) is 23.1 Å². The Balaban J connectivity index is 1.73. The summed E-state index contributed by atoms with van der Waals surface area (Å²) in [5, 5.41) is 5.16. The lowest BCUT2D eigenvalue weighted by Gasteiger charge is -2.09. The predicted molar refractivity (Wildman–Crippen MR) is 90.8 cm³/mol. The molecule has 0 aliphatic heterocycles. The lowest BCUT2D eigenvalue weighted by molar-refractivity contribution is 0.102. The van der Waals surface area contributed by atoms with Crippen LogP contribution in [0.4, 0.5) is 30.5 Å². The van der Waals surface area contributed by atoms with Gasteiger partial charge in [-0.15, -0.1) is 0 Å². The van der Waals surface area contributed by atoms with E-state index in [1.165, 1.54) is 12.4 Å². The van der Waals surface area contributed by atoms with Gasteiger partial charge in [0.2, 0.25) is 5.95 Å². The standard InChI is InChI=1S/C18H13F3N4O/c1-10-4-2-3-5-13(10)24-17(26)11-8-22-18(23-9-11)25-14-7-6-12(19)15(20)16(14)21/h2-9H,1H3,(H,24,26)(H,22,23,25). The molecule has 3 aromatic rings. The number of aromatic nitrogens is 2. The molecule has 132 valence electrons. The number of hydrogen-bond donors (Lipinski definition) is 2. The van der Waals surface area contributed by atoms with Crippen molar-refractivity contribution in [1.82, 2.24) is 9.97 Å². The van der Waals surface area contributed by atoms with Crippen molar-refractivity contribution in [3.05, 3.63) is 77.4 Å². The highest BCUT2D eigenvalue weighted by Crippen LogP contribution is 2.22. The summed E-state index contributed by atoms with van der Waals surface area (Å²) in [6.45, 7) is 1.86. The van der Waals surface area contributed by atoms with Gasteiger partial charge in [-0.2, -0.15) is 0 Å². The number of rotatable bonds is 4. The molecule has 0 atom stereocenters. The first-order valence-electron chi connectivity index (χ1n) is 7.55. The second kappa shape index (κ2) is 7.22. The first-order chi connectivity index (χ1) is 12.5. The number of hydrogen-bond acceptors (Lipinski definition) is 4. The molecule has 0 aliphatic rings. The minimum Gasteiger partial charge on any atom is -0.322 e. The maximum atomic E-state index is 13.6. The molecule has 2 aromatic carbocycles. The first-order valence-corrected chi connectivity index (χ1v) is 7.55. The van der Waals surface area contributed by atoms with Crippen molar-refractivity contribution in [3.8, 4) is 0 Å². The highest BCUT2D eigenvalue weighted by molar-refractivity contribution is 6.04. The van der Waals surface area contributed by atoms with Crippen LogP contribution in [0, 0.1) is 24.4 Å². The van der Waals surface area contributed by atoms with Gasteiger partial charge >= 0.3 is 0 Å². The topological polar surface area (TPSA) is 66.9 Å². The van der Waals surface area contributed by atoms with E-state index in [9.17, 15) is 18.0 Å². The maximum Gasteiger partial charge on any atom is 0.258 e. The molecule has 0 aliphatic carbocycles. The molecule has 1 aromatic heterocycles. The summed E-state index contributed by atoms with van der Waals surface area (Å²) in [6.07, 6.45) is 2.47. The molecule has 0 fully saturated rings. The van der Waals surface area contributed by atoms with E-state index in [1.807, 2.05) is 19.1 Å². The third-order valence-corrected chi connectivity index (χ3v) is 3.59. The molecule has 0 radical (unpaired) electrons. The fraction of sp³-hybridized carbons (Fsp3) is 0.0556. The van der Waals surface area contributed by atoms with Crippen molar-refractivity contribution in [1.29, 1.82) is 0 Å². The molecule has 0 unspecified atom stereocenters. The van der Waals surface area contributed by atoms with Crippen LogP contribution in [0.2, 0.25) is 0 Å². The molecule has 5 nitrogen and oxygen atoms in total. The smallest absolute Gasteiger partial charge is 0.258 e. The van der Waals surface area contributed by atoms with E-state index in [2.05, 4.69) is 20.6 Å². The molecule has 1 heterocycles. The highest BCUT2D eigenvalue weighted by Gasteiger charge is 2.14. The van der Waals surface area contributed by atoms with Crippen molar-refractivity contribution in [2.45, 2.75) is 6.92 Å². The first kappa shape index (κ1) is 17.4. The number of nitrogens with one attached hydrogen (secondary N) is 2. The molecule has 0 spiro atoms. The van der Waals surface area contributed by atoms with Crippen LogP contribution in [0.1, 0.15) is 15.9 Å². The van der Waals surface area contributed by atoms with Crippen LogP contribution >= 0.6 is 0 Å². The van der Waals surface area contributed by atoms with Crippen LogP contribution in [0.15, 0.2) is 48.8 Å². The summed E-state index contributed by atoms with van der Waals surface area (Å²) < 4.78 is 39.8. The number of aryl methyl sites for hydroxylation is 1. The van der Waals surface area contributed by atoms with Crippen molar-refractivity contribution in [2.24, 2.45) is 0 Å². The van der Waals surface area contributed by atoms with E-state index in [4.69, 9.17) is 0 Å². The lowest BCUT2D eigenvalue weighted by Crippen LogP contribution is -2.14. The SMILES string of the molecule is Cc1ccccc1NC(=O)c1cnc(Nc2ccc(F)c(F)c2F)nc1. The van der Waals surface area contributed by atoms with E-state index in [0.717, 1.165) is 17.7 Å². The van der Waals surface area contributed by atoms with E-state index in [-0.39, 0.29) is 17.2 Å². The van der Waals surface area contributed by atoms with E-state index in [1.54, 1.807) is 12.1 Å². The zero-order valence-electron chi connectivity index (χ0n) is 13.6. The predicted octanol–water partition coefficient (Wildman–Crippen LogP) is 4.20. The van der Waals surface area contributed by atoms with Crippen LogP contribution in [0.25, 0.3) is 0 Å². The van der Waals surface area contributed by atoms with Gasteiger partial charge in [0.25, 0.3) is 5.91 Å². The van der Waals surface area contributed by atoms with Gasteiger partial charge in [-0.3, -0.25) is 4.79 Å². The number of carbonyl (C=O) groups is 1. The molecule has 8 heteroatoms. The van der Waals surface area contributed by atoms with Crippen molar-refractivity contribution < 1.29 is 18.0 Å². The molecule has 0 bridgehead atoms. The third-order valence-electron chi connectivity index (χ3n) is 3.59. The molecule has 3 rings (SSSR count). The quantitative estimate of drug-likeness (QED) is 0.686. The third kappa shape index (κ3) is 3.64. The van der Waals surface area contributed by atoms with Crippen LogP contribution in [-0.2, 0) is 0 Å². The largest absolute Gasteiger partial charge is 0.322 e. The van der Waals surface area contributed by atoms with E-state index >= 15 is 0 Å². The zero-order chi connectivity index (χ0) is 18.7. The van der Waals surface area contributed by atoms with Crippen molar-refractivity contribution >= 4 is 23.2 Å². The average Bonchev–Trinajstić information content (AvgIpc) is 2.64. The lowest BCUT2D eigenvalue weighted by atomic mass is 10.2. The molecule has 1 amide bonds. The molecule has 0 saturated heterocycles. The van der Waals surface area contributed by atoms with Crippen molar-refractivity contribution in [3.63, 3.8) is 0 Å². The Kier molecular flexibility index (Phi) is 4.83. The Hall–Kier alpha value is -3.42. The second-order valence-electron chi connectivity index (χ2n) is 5.41. The highest BCUT2D eigenvalue weighted by atomic mass is 19.2. The number of halogens is 3. The Morgan fingerprint density at radius 1 is 0.923 bits per heavy atom. The number of anilines is 3. The fourth-order valence-electron chi connectivity index (χ4n) is 2.16. The van der Waals surface area contributed by atoms with Gasteiger partial charge in [0.1, 0.15) is 0 Å². The van der Waals surface area contributed by atoms with Crippen LogP contribution in [-0.4, -0.2) is 15.9 Å². The second-order valence-corrected chi connectivity index (χ2v) is 5.41. The van der Waals surface area contributed by atoms with Gasteiger partial charge in [-0.05, 0) is 30.7 Å². The number of benzene rings is 2. The summed E-state index contributed by atoms with van der Waals surface area (Å²) in [5.41, 5.74) is 1.42. The fourth-order valence-corrected chi connectivity index (χ4v) is 2.16. The molecular weight excluding hydrogens is 345 g/mol. The summed E-state index contributed by atoms with van der Waals surface area (Å²) in [6, 6.07) is 9.07. The van der Waals surface area contributed by atoms with E-state index < -0.39 is 23.4 Å². The normalized spacial score (nSPS) is 10.5. The number of amides is 1. The van der Waals surface area contributed by atoms with Gasteiger partial charge < -0.3 is 10.6 Å². The Labute approximate surface area is 146 Å². The van der Waals surface area contributed by atoms with E-state index in [0.29, 0.717) is 5.69 Å². The van der Waals surface area contributed by atoms with Gasteiger partial charge in [0, 0.05) is 18.1 Å². The summed E-state index contributed by atoms with van der Waals surface area (Å²) in [5.74, 6) is -4.75. The molecular formula is C18H13F3N4O. The Bertz CT molecular complexity index is 961. The van der Waals surface area contributed by atoms with Crippen LogP contribution in [0.3, 0.4) is 0 Å². The van der Waals surface area contributed by atoms with Gasteiger partial charge in [0.15, 0.2) is 17.5 Å². The number of carbonyl (C=O) groups excluding carboxylic acids is 1. The molecule has 26 heavy (non-hydrogen) atoms.